The molecular formula is C6H11FO2. The molecule has 0 aromatic carbocycles. The van der Waals surface area contributed by atoms with E-state index >= 15 is 0 Å². The van der Waals surface area contributed by atoms with Gasteiger partial charge >= 0.3 is 5.97 Å². The van der Waals surface area contributed by atoms with E-state index in [4.69, 9.17) is 0 Å². The highest BCUT2D eigenvalue weighted by atomic mass is 19.1. The Morgan fingerprint density at radius 3 is 2.67 bits per heavy atom. The number of alkyl halides is 1. The summed E-state index contributed by atoms with van der Waals surface area (Å²) < 4.78 is 16.2. The van der Waals surface area contributed by atoms with Crippen molar-refractivity contribution >= 4 is 5.97 Å². The van der Waals surface area contributed by atoms with E-state index < -0.39 is 18.6 Å². The monoisotopic (exact) mass is 134 g/mol. The number of ether oxygens (including phenoxy) is 1. The third kappa shape index (κ3) is 3.06. The van der Waals surface area contributed by atoms with Crippen molar-refractivity contribution in [2.45, 2.75) is 13.8 Å². The van der Waals surface area contributed by atoms with Crippen LogP contribution in [0.15, 0.2) is 0 Å². The zero-order valence-corrected chi connectivity index (χ0v) is 5.69. The first-order chi connectivity index (χ1) is 4.22. The van der Waals surface area contributed by atoms with E-state index in [2.05, 4.69) is 4.74 Å². The number of hydrogen-bond acceptors (Lipinski definition) is 2. The Morgan fingerprint density at radius 2 is 2.33 bits per heavy atom. The molecule has 0 aliphatic carbocycles. The van der Waals surface area contributed by atoms with Crippen LogP contribution in [0.25, 0.3) is 0 Å². The molecule has 1 unspecified atom stereocenters. The summed E-state index contributed by atoms with van der Waals surface area (Å²) in [6.07, 6.45) is 0. The zero-order chi connectivity index (χ0) is 7.28. The lowest BCUT2D eigenvalue weighted by Gasteiger charge is -2.03. The highest BCUT2D eigenvalue weighted by Gasteiger charge is 2.11. The standard InChI is InChI=1S/C6H11FO2/c1-3-9-6(8)5(2)4-7/h5H,3-4H2,1-2H3. The quantitative estimate of drug-likeness (QED) is 0.541. The average Bonchev–Trinajstić information content (AvgIpc) is 1.87. The lowest BCUT2D eigenvalue weighted by atomic mass is 10.2. The molecule has 0 saturated carbocycles. The number of esters is 1. The van der Waals surface area contributed by atoms with Crippen LogP contribution in [0.1, 0.15) is 13.8 Å². The Morgan fingerprint density at radius 1 is 1.78 bits per heavy atom. The van der Waals surface area contributed by atoms with Crippen molar-refractivity contribution in [3.8, 4) is 0 Å². The summed E-state index contributed by atoms with van der Waals surface area (Å²) in [5.41, 5.74) is 0. The second-order valence-electron chi connectivity index (χ2n) is 1.81. The van der Waals surface area contributed by atoms with Gasteiger partial charge in [-0.3, -0.25) is 9.18 Å². The topological polar surface area (TPSA) is 26.3 Å². The van der Waals surface area contributed by atoms with Crippen molar-refractivity contribution < 1.29 is 13.9 Å². The molecule has 0 heterocycles. The van der Waals surface area contributed by atoms with Crippen molar-refractivity contribution in [3.63, 3.8) is 0 Å². The van der Waals surface area contributed by atoms with E-state index in [1.807, 2.05) is 0 Å². The highest BCUT2D eigenvalue weighted by Crippen LogP contribution is 1.97. The van der Waals surface area contributed by atoms with Crippen molar-refractivity contribution in [2.24, 2.45) is 5.92 Å². The molecular weight excluding hydrogens is 123 g/mol. The zero-order valence-electron chi connectivity index (χ0n) is 5.69. The maximum atomic E-state index is 11.7. The largest absolute Gasteiger partial charge is 0.466 e. The molecule has 0 fully saturated rings. The van der Waals surface area contributed by atoms with Crippen LogP contribution in [0.4, 0.5) is 4.39 Å². The molecule has 0 spiro atoms. The van der Waals surface area contributed by atoms with Gasteiger partial charge < -0.3 is 4.74 Å². The van der Waals surface area contributed by atoms with Gasteiger partial charge in [0.15, 0.2) is 0 Å². The normalized spacial score (nSPS) is 12.8. The summed E-state index contributed by atoms with van der Waals surface area (Å²) in [6, 6.07) is 0. The first kappa shape index (κ1) is 8.40. The van der Waals surface area contributed by atoms with E-state index in [0.717, 1.165) is 0 Å². The smallest absolute Gasteiger partial charge is 0.311 e. The van der Waals surface area contributed by atoms with Gasteiger partial charge in [-0.05, 0) is 13.8 Å². The molecule has 0 bridgehead atoms. The summed E-state index contributed by atoms with van der Waals surface area (Å²) in [5, 5.41) is 0. The van der Waals surface area contributed by atoms with Crippen molar-refractivity contribution in [3.05, 3.63) is 0 Å². The SMILES string of the molecule is CCOC(=O)C(C)CF. The van der Waals surface area contributed by atoms with E-state index in [0.29, 0.717) is 6.61 Å². The Bertz CT molecular complexity index is 93.1. The van der Waals surface area contributed by atoms with Gasteiger partial charge in [-0.2, -0.15) is 0 Å². The van der Waals surface area contributed by atoms with E-state index in [9.17, 15) is 9.18 Å². The van der Waals surface area contributed by atoms with Crippen LogP contribution in [0, 0.1) is 5.92 Å². The van der Waals surface area contributed by atoms with Crippen molar-refractivity contribution in [2.75, 3.05) is 13.3 Å². The first-order valence-electron chi connectivity index (χ1n) is 2.95. The Hall–Kier alpha value is -0.600. The maximum Gasteiger partial charge on any atom is 0.311 e. The summed E-state index contributed by atoms with van der Waals surface area (Å²) in [6.45, 7) is 2.88. The number of hydrogen-bond donors (Lipinski definition) is 0. The van der Waals surface area contributed by atoms with Crippen LogP contribution in [-0.2, 0) is 9.53 Å². The number of rotatable bonds is 3. The molecule has 0 rings (SSSR count). The molecule has 9 heavy (non-hydrogen) atoms. The first-order valence-corrected chi connectivity index (χ1v) is 2.95. The molecule has 1 atom stereocenters. The Balaban J connectivity index is 3.46. The van der Waals surface area contributed by atoms with Gasteiger partial charge in [-0.1, -0.05) is 0 Å². The molecule has 0 aromatic heterocycles. The summed E-state index contributed by atoms with van der Waals surface area (Å²) >= 11 is 0. The molecule has 0 aliphatic rings. The highest BCUT2D eigenvalue weighted by molar-refractivity contribution is 5.71. The number of halogens is 1. The third-order valence-electron chi connectivity index (χ3n) is 0.920. The Kier molecular flexibility index (Phi) is 4.01. The van der Waals surface area contributed by atoms with Gasteiger partial charge in [0.05, 0.1) is 12.5 Å². The third-order valence-corrected chi connectivity index (χ3v) is 0.920. The van der Waals surface area contributed by atoms with Gasteiger partial charge in [-0.15, -0.1) is 0 Å². The second-order valence-corrected chi connectivity index (χ2v) is 1.81. The molecule has 0 N–H and O–H groups in total. The van der Waals surface area contributed by atoms with Crippen molar-refractivity contribution in [1.82, 2.24) is 0 Å². The predicted octanol–water partition coefficient (Wildman–Crippen LogP) is 1.16. The van der Waals surface area contributed by atoms with Crippen LogP contribution < -0.4 is 0 Å². The summed E-state index contributed by atoms with van der Waals surface area (Å²) in [7, 11) is 0. The van der Waals surface area contributed by atoms with Crippen LogP contribution in [-0.4, -0.2) is 19.3 Å². The van der Waals surface area contributed by atoms with Crippen LogP contribution >= 0.6 is 0 Å². The van der Waals surface area contributed by atoms with Gasteiger partial charge in [0, 0.05) is 0 Å². The van der Waals surface area contributed by atoms with Crippen molar-refractivity contribution in [1.29, 1.82) is 0 Å². The maximum absolute atomic E-state index is 11.7. The van der Waals surface area contributed by atoms with E-state index in [1.54, 1.807) is 6.92 Å². The molecule has 0 aromatic rings. The van der Waals surface area contributed by atoms with Gasteiger partial charge in [0.2, 0.25) is 0 Å². The van der Waals surface area contributed by atoms with Crippen LogP contribution in [0.2, 0.25) is 0 Å². The van der Waals surface area contributed by atoms with Gasteiger partial charge in [0.1, 0.15) is 6.67 Å². The summed E-state index contributed by atoms with van der Waals surface area (Å²) in [5.74, 6) is -1.06. The van der Waals surface area contributed by atoms with Gasteiger partial charge in [-0.25, -0.2) is 0 Å². The van der Waals surface area contributed by atoms with Crippen LogP contribution in [0.3, 0.4) is 0 Å². The molecule has 0 aliphatic heterocycles. The molecule has 3 heteroatoms. The number of carbonyl (C=O) groups is 1. The lowest BCUT2D eigenvalue weighted by Crippen LogP contribution is -2.15. The molecule has 0 amide bonds. The predicted molar refractivity (Wildman–Crippen MR) is 31.8 cm³/mol. The van der Waals surface area contributed by atoms with E-state index in [1.165, 1.54) is 6.92 Å². The Labute approximate surface area is 54.0 Å². The minimum atomic E-state index is -0.640. The number of carbonyl (C=O) groups excluding carboxylic acids is 1. The molecule has 54 valence electrons. The lowest BCUT2D eigenvalue weighted by molar-refractivity contribution is -0.147. The fraction of sp³-hybridized carbons (Fsp3) is 0.833. The van der Waals surface area contributed by atoms with E-state index in [-0.39, 0.29) is 0 Å². The van der Waals surface area contributed by atoms with Crippen LogP contribution in [0.5, 0.6) is 0 Å². The minimum absolute atomic E-state index is 0.323. The molecule has 0 radical (unpaired) electrons. The summed E-state index contributed by atoms with van der Waals surface area (Å²) in [4.78, 5) is 10.5. The second kappa shape index (κ2) is 4.30. The minimum Gasteiger partial charge on any atom is -0.466 e. The molecule has 2 nitrogen and oxygen atoms in total. The fourth-order valence-electron chi connectivity index (χ4n) is 0.348. The molecule has 0 saturated heterocycles. The van der Waals surface area contributed by atoms with Gasteiger partial charge in [0.25, 0.3) is 0 Å². The fourth-order valence-corrected chi connectivity index (χ4v) is 0.348. The average molecular weight is 134 g/mol.